The van der Waals surface area contributed by atoms with Gasteiger partial charge >= 0.3 is 5.97 Å². The molecule has 0 bridgehead atoms. The maximum absolute atomic E-state index is 11.0. The molecule has 4 nitrogen and oxygen atoms in total. The van der Waals surface area contributed by atoms with E-state index in [4.69, 9.17) is 15.6 Å². The number of carboxylic acids is 1. The van der Waals surface area contributed by atoms with Crippen molar-refractivity contribution in [2.45, 2.75) is 33.7 Å². The third kappa shape index (κ3) is 3.47. The summed E-state index contributed by atoms with van der Waals surface area (Å²) < 4.78 is 5.62. The quantitative estimate of drug-likeness (QED) is 0.843. The van der Waals surface area contributed by atoms with Gasteiger partial charge in [0, 0.05) is 11.6 Å². The fraction of sp³-hybridized carbons (Fsp3) is 0.500. The number of hydrogen-bond acceptors (Lipinski definition) is 3. The highest BCUT2D eigenvalue weighted by Crippen LogP contribution is 2.27. The average Bonchev–Trinajstić information content (AvgIpc) is 2.27. The van der Waals surface area contributed by atoms with Crippen LogP contribution in [0.4, 0.5) is 0 Å². The third-order valence-corrected chi connectivity index (χ3v) is 2.82. The number of nitrogens with two attached hydrogens (primary N) is 1. The SMILES string of the molecule is Cc1ccc(OCC(C)(C)C(=O)O)c(C(C)N)c1. The molecule has 1 atom stereocenters. The van der Waals surface area contributed by atoms with Gasteiger partial charge in [-0.25, -0.2) is 0 Å². The molecular formula is C14H21NO3. The van der Waals surface area contributed by atoms with E-state index in [0.29, 0.717) is 5.75 Å². The average molecular weight is 251 g/mol. The summed E-state index contributed by atoms with van der Waals surface area (Å²) in [6.07, 6.45) is 0. The van der Waals surface area contributed by atoms with Crippen LogP contribution in [0.1, 0.15) is 37.9 Å². The summed E-state index contributed by atoms with van der Waals surface area (Å²) in [7, 11) is 0. The highest BCUT2D eigenvalue weighted by molar-refractivity contribution is 5.73. The Morgan fingerprint density at radius 1 is 1.50 bits per heavy atom. The Morgan fingerprint density at radius 3 is 2.61 bits per heavy atom. The lowest BCUT2D eigenvalue weighted by Gasteiger charge is -2.22. The molecular weight excluding hydrogens is 230 g/mol. The number of hydrogen-bond donors (Lipinski definition) is 2. The minimum atomic E-state index is -0.917. The van der Waals surface area contributed by atoms with Gasteiger partial charge in [0.05, 0.1) is 5.41 Å². The van der Waals surface area contributed by atoms with Crippen molar-refractivity contribution in [3.05, 3.63) is 29.3 Å². The molecule has 0 saturated heterocycles. The number of aliphatic carboxylic acids is 1. The summed E-state index contributed by atoms with van der Waals surface area (Å²) in [6.45, 7) is 7.25. The Kier molecular flexibility index (Phi) is 4.35. The number of rotatable bonds is 5. The van der Waals surface area contributed by atoms with Crippen LogP contribution in [0.3, 0.4) is 0 Å². The van der Waals surface area contributed by atoms with Gasteiger partial charge in [-0.3, -0.25) is 4.79 Å². The fourth-order valence-electron chi connectivity index (χ4n) is 1.48. The van der Waals surface area contributed by atoms with Crippen LogP contribution >= 0.6 is 0 Å². The first kappa shape index (κ1) is 14.5. The van der Waals surface area contributed by atoms with Gasteiger partial charge in [0.15, 0.2) is 0 Å². The van der Waals surface area contributed by atoms with Crippen LogP contribution in [-0.4, -0.2) is 17.7 Å². The van der Waals surface area contributed by atoms with Crippen molar-refractivity contribution < 1.29 is 14.6 Å². The third-order valence-electron chi connectivity index (χ3n) is 2.82. The van der Waals surface area contributed by atoms with Crippen LogP contribution in [0.25, 0.3) is 0 Å². The molecule has 0 aliphatic carbocycles. The van der Waals surface area contributed by atoms with E-state index >= 15 is 0 Å². The molecule has 0 fully saturated rings. The highest BCUT2D eigenvalue weighted by atomic mass is 16.5. The molecule has 0 saturated carbocycles. The van der Waals surface area contributed by atoms with E-state index in [1.54, 1.807) is 13.8 Å². The van der Waals surface area contributed by atoms with E-state index in [1.807, 2.05) is 32.0 Å². The first-order valence-corrected chi connectivity index (χ1v) is 5.96. The number of carbonyl (C=O) groups is 1. The second-order valence-corrected chi connectivity index (χ2v) is 5.31. The summed E-state index contributed by atoms with van der Waals surface area (Å²) in [5, 5.41) is 9.04. The molecule has 18 heavy (non-hydrogen) atoms. The normalized spacial score (nSPS) is 13.2. The van der Waals surface area contributed by atoms with Crippen LogP contribution in [0.15, 0.2) is 18.2 Å². The Morgan fingerprint density at radius 2 is 2.11 bits per heavy atom. The second-order valence-electron chi connectivity index (χ2n) is 5.31. The minimum absolute atomic E-state index is 0.116. The molecule has 1 rings (SSSR count). The lowest BCUT2D eigenvalue weighted by molar-refractivity contribution is -0.148. The molecule has 0 spiro atoms. The molecule has 1 unspecified atom stereocenters. The van der Waals surface area contributed by atoms with E-state index in [-0.39, 0.29) is 12.6 Å². The number of benzene rings is 1. The van der Waals surface area contributed by atoms with Gasteiger partial charge in [0.25, 0.3) is 0 Å². The minimum Gasteiger partial charge on any atom is -0.492 e. The fourth-order valence-corrected chi connectivity index (χ4v) is 1.48. The number of ether oxygens (including phenoxy) is 1. The number of carboxylic acid groups (broad SMARTS) is 1. The molecule has 1 aromatic rings. The van der Waals surface area contributed by atoms with Gasteiger partial charge in [-0.2, -0.15) is 0 Å². The summed E-state index contributed by atoms with van der Waals surface area (Å²) >= 11 is 0. The maximum Gasteiger partial charge on any atom is 0.312 e. The molecule has 0 radical (unpaired) electrons. The molecule has 0 aliphatic heterocycles. The molecule has 3 N–H and O–H groups in total. The van der Waals surface area contributed by atoms with E-state index in [2.05, 4.69) is 0 Å². The molecule has 0 heterocycles. The van der Waals surface area contributed by atoms with E-state index in [1.165, 1.54) is 0 Å². The Labute approximate surface area is 108 Å². The van der Waals surface area contributed by atoms with E-state index in [9.17, 15) is 4.79 Å². The summed E-state index contributed by atoms with van der Waals surface area (Å²) in [5.74, 6) is -0.220. The van der Waals surface area contributed by atoms with E-state index in [0.717, 1.165) is 11.1 Å². The summed E-state index contributed by atoms with van der Waals surface area (Å²) in [4.78, 5) is 11.0. The van der Waals surface area contributed by atoms with Crippen LogP contribution in [0, 0.1) is 12.3 Å². The van der Waals surface area contributed by atoms with Gasteiger partial charge in [-0.1, -0.05) is 17.7 Å². The largest absolute Gasteiger partial charge is 0.492 e. The summed E-state index contributed by atoms with van der Waals surface area (Å²) in [6, 6.07) is 5.59. The second kappa shape index (κ2) is 5.40. The first-order chi connectivity index (χ1) is 8.24. The van der Waals surface area contributed by atoms with Crippen LogP contribution in [0.5, 0.6) is 5.75 Å². The van der Waals surface area contributed by atoms with Crippen molar-refractivity contribution in [1.29, 1.82) is 0 Å². The predicted molar refractivity (Wildman–Crippen MR) is 70.7 cm³/mol. The smallest absolute Gasteiger partial charge is 0.312 e. The molecule has 0 aliphatic rings. The Balaban J connectivity index is 2.88. The van der Waals surface area contributed by atoms with Gasteiger partial charge in [-0.05, 0) is 33.8 Å². The van der Waals surface area contributed by atoms with Crippen molar-refractivity contribution in [2.24, 2.45) is 11.1 Å². The molecule has 4 heteroatoms. The van der Waals surface area contributed by atoms with Crippen molar-refractivity contribution in [3.8, 4) is 5.75 Å². The van der Waals surface area contributed by atoms with Crippen LogP contribution < -0.4 is 10.5 Å². The lowest BCUT2D eigenvalue weighted by atomic mass is 9.95. The maximum atomic E-state index is 11.0. The highest BCUT2D eigenvalue weighted by Gasteiger charge is 2.28. The zero-order chi connectivity index (χ0) is 13.9. The first-order valence-electron chi connectivity index (χ1n) is 5.96. The van der Waals surface area contributed by atoms with Gasteiger partial charge in [0.1, 0.15) is 12.4 Å². The lowest BCUT2D eigenvalue weighted by Crippen LogP contribution is -2.31. The molecule has 0 amide bonds. The predicted octanol–water partition coefficient (Wildman–Crippen LogP) is 2.50. The van der Waals surface area contributed by atoms with Crippen molar-refractivity contribution in [2.75, 3.05) is 6.61 Å². The zero-order valence-corrected chi connectivity index (χ0v) is 11.4. The van der Waals surface area contributed by atoms with Gasteiger partial charge in [-0.15, -0.1) is 0 Å². The standard InChI is InChI=1S/C14H21NO3/c1-9-5-6-12(11(7-9)10(2)15)18-8-14(3,4)13(16)17/h5-7,10H,8,15H2,1-4H3,(H,16,17). The van der Waals surface area contributed by atoms with Gasteiger partial charge < -0.3 is 15.6 Å². The Bertz CT molecular complexity index is 439. The number of aryl methyl sites for hydroxylation is 1. The zero-order valence-electron chi connectivity index (χ0n) is 11.4. The van der Waals surface area contributed by atoms with Crippen LogP contribution in [0.2, 0.25) is 0 Å². The van der Waals surface area contributed by atoms with Gasteiger partial charge in [0.2, 0.25) is 0 Å². The molecule has 0 aromatic heterocycles. The molecule has 100 valence electrons. The van der Waals surface area contributed by atoms with E-state index < -0.39 is 11.4 Å². The summed E-state index contributed by atoms with van der Waals surface area (Å²) in [5.41, 5.74) is 6.97. The monoisotopic (exact) mass is 251 g/mol. The van der Waals surface area contributed by atoms with Crippen molar-refractivity contribution >= 4 is 5.97 Å². The Hall–Kier alpha value is -1.55. The molecule has 1 aromatic carbocycles. The topological polar surface area (TPSA) is 72.5 Å². The van der Waals surface area contributed by atoms with Crippen molar-refractivity contribution in [1.82, 2.24) is 0 Å². The van der Waals surface area contributed by atoms with Crippen LogP contribution in [-0.2, 0) is 4.79 Å². The van der Waals surface area contributed by atoms with Crippen molar-refractivity contribution in [3.63, 3.8) is 0 Å².